The summed E-state index contributed by atoms with van der Waals surface area (Å²) in [5.74, 6) is 0.338. The van der Waals surface area contributed by atoms with Crippen molar-refractivity contribution in [2.24, 2.45) is 5.92 Å². The SMILES string of the molecule is CCC1(C(C)C)OCCNC1O. The third-order valence-electron chi connectivity index (χ3n) is 2.80. The van der Waals surface area contributed by atoms with Crippen LogP contribution in [0.4, 0.5) is 0 Å². The lowest BCUT2D eigenvalue weighted by molar-refractivity contribution is -0.186. The van der Waals surface area contributed by atoms with Crippen LogP contribution in [0, 0.1) is 5.92 Å². The predicted octanol–water partition coefficient (Wildman–Crippen LogP) is 0.729. The highest BCUT2D eigenvalue weighted by atomic mass is 16.5. The van der Waals surface area contributed by atoms with Crippen LogP contribution in [-0.4, -0.2) is 30.1 Å². The lowest BCUT2D eigenvalue weighted by Crippen LogP contribution is -2.60. The first-order valence-corrected chi connectivity index (χ1v) is 4.69. The minimum absolute atomic E-state index is 0.338. The number of hydrogen-bond donors (Lipinski definition) is 2. The van der Waals surface area contributed by atoms with Gasteiger partial charge in [0.1, 0.15) is 11.8 Å². The fraction of sp³-hybridized carbons (Fsp3) is 1.00. The monoisotopic (exact) mass is 173 g/mol. The Morgan fingerprint density at radius 2 is 2.33 bits per heavy atom. The lowest BCUT2D eigenvalue weighted by Gasteiger charge is -2.44. The van der Waals surface area contributed by atoms with Gasteiger partial charge in [-0.3, -0.25) is 5.32 Å². The van der Waals surface area contributed by atoms with E-state index in [1.165, 1.54) is 0 Å². The van der Waals surface area contributed by atoms with E-state index in [4.69, 9.17) is 4.74 Å². The van der Waals surface area contributed by atoms with Crippen molar-refractivity contribution in [3.05, 3.63) is 0 Å². The topological polar surface area (TPSA) is 41.5 Å². The van der Waals surface area contributed by atoms with Crippen LogP contribution in [0.15, 0.2) is 0 Å². The summed E-state index contributed by atoms with van der Waals surface area (Å²) in [6, 6.07) is 0. The summed E-state index contributed by atoms with van der Waals surface area (Å²) in [5, 5.41) is 12.8. The zero-order chi connectivity index (χ0) is 9.19. The van der Waals surface area contributed by atoms with Crippen molar-refractivity contribution in [3.8, 4) is 0 Å². The number of rotatable bonds is 2. The van der Waals surface area contributed by atoms with E-state index in [1.54, 1.807) is 0 Å². The molecule has 2 atom stereocenters. The van der Waals surface area contributed by atoms with Gasteiger partial charge in [-0.15, -0.1) is 0 Å². The molecule has 0 bridgehead atoms. The highest BCUT2D eigenvalue weighted by Crippen LogP contribution is 2.30. The molecule has 2 N–H and O–H groups in total. The van der Waals surface area contributed by atoms with Crippen LogP contribution in [0.1, 0.15) is 27.2 Å². The van der Waals surface area contributed by atoms with Crippen molar-refractivity contribution < 1.29 is 9.84 Å². The zero-order valence-electron chi connectivity index (χ0n) is 8.13. The Kier molecular flexibility index (Phi) is 3.09. The largest absolute Gasteiger partial charge is 0.376 e. The number of aliphatic hydroxyl groups excluding tert-OH is 1. The molecule has 72 valence electrons. The molecule has 0 aromatic heterocycles. The molecule has 3 nitrogen and oxygen atoms in total. The first kappa shape index (κ1) is 9.96. The molecule has 12 heavy (non-hydrogen) atoms. The standard InChI is InChI=1S/C9H19NO2/c1-4-9(7(2)3)8(11)10-5-6-12-9/h7-8,10-11H,4-6H2,1-3H3. The van der Waals surface area contributed by atoms with Gasteiger partial charge in [0, 0.05) is 6.54 Å². The fourth-order valence-corrected chi connectivity index (χ4v) is 1.87. The minimum atomic E-state index is -0.517. The second-order valence-corrected chi connectivity index (χ2v) is 3.67. The molecule has 1 aliphatic heterocycles. The van der Waals surface area contributed by atoms with Gasteiger partial charge in [-0.25, -0.2) is 0 Å². The highest BCUT2D eigenvalue weighted by Gasteiger charge is 2.42. The lowest BCUT2D eigenvalue weighted by atomic mass is 9.85. The molecule has 1 saturated heterocycles. The Hall–Kier alpha value is -0.120. The molecule has 0 amide bonds. The molecule has 1 rings (SSSR count). The molecular weight excluding hydrogens is 154 g/mol. The van der Waals surface area contributed by atoms with E-state index < -0.39 is 6.23 Å². The maximum Gasteiger partial charge on any atom is 0.134 e. The Morgan fingerprint density at radius 1 is 1.67 bits per heavy atom. The van der Waals surface area contributed by atoms with Gasteiger partial charge in [-0.2, -0.15) is 0 Å². The van der Waals surface area contributed by atoms with Gasteiger partial charge in [-0.05, 0) is 12.3 Å². The minimum Gasteiger partial charge on any atom is -0.376 e. The third kappa shape index (κ3) is 1.49. The molecule has 1 heterocycles. The Balaban J connectivity index is 2.73. The van der Waals surface area contributed by atoms with Gasteiger partial charge in [-0.1, -0.05) is 20.8 Å². The summed E-state index contributed by atoms with van der Waals surface area (Å²) in [6.07, 6.45) is 0.329. The number of aliphatic hydroxyl groups is 1. The summed E-state index contributed by atoms with van der Waals surface area (Å²) < 4.78 is 5.68. The quantitative estimate of drug-likeness (QED) is 0.647. The van der Waals surface area contributed by atoms with Crippen LogP contribution < -0.4 is 5.32 Å². The number of nitrogens with one attached hydrogen (secondary N) is 1. The van der Waals surface area contributed by atoms with E-state index in [-0.39, 0.29) is 5.60 Å². The van der Waals surface area contributed by atoms with Crippen LogP contribution in [-0.2, 0) is 4.74 Å². The maximum atomic E-state index is 9.75. The van der Waals surface area contributed by atoms with E-state index in [2.05, 4.69) is 26.1 Å². The molecule has 0 radical (unpaired) electrons. The zero-order valence-corrected chi connectivity index (χ0v) is 8.13. The molecule has 0 aliphatic carbocycles. The van der Waals surface area contributed by atoms with Gasteiger partial charge in [0.25, 0.3) is 0 Å². The summed E-state index contributed by atoms with van der Waals surface area (Å²) in [4.78, 5) is 0. The second kappa shape index (κ2) is 3.73. The van der Waals surface area contributed by atoms with Gasteiger partial charge in [0.2, 0.25) is 0 Å². The molecule has 0 aromatic carbocycles. The van der Waals surface area contributed by atoms with Gasteiger partial charge in [0.05, 0.1) is 6.61 Å². The second-order valence-electron chi connectivity index (χ2n) is 3.67. The number of hydrogen-bond acceptors (Lipinski definition) is 3. The van der Waals surface area contributed by atoms with Crippen LogP contribution >= 0.6 is 0 Å². The van der Waals surface area contributed by atoms with Crippen molar-refractivity contribution in [1.82, 2.24) is 5.32 Å². The van der Waals surface area contributed by atoms with E-state index in [0.29, 0.717) is 12.5 Å². The molecule has 0 spiro atoms. The smallest absolute Gasteiger partial charge is 0.134 e. The average Bonchev–Trinajstić information content (AvgIpc) is 2.05. The first-order valence-electron chi connectivity index (χ1n) is 4.69. The Labute approximate surface area is 74.1 Å². The van der Waals surface area contributed by atoms with Crippen molar-refractivity contribution >= 4 is 0 Å². The average molecular weight is 173 g/mol. The molecule has 1 fully saturated rings. The number of morpholine rings is 1. The predicted molar refractivity (Wildman–Crippen MR) is 47.8 cm³/mol. The molecule has 1 aliphatic rings. The van der Waals surface area contributed by atoms with E-state index >= 15 is 0 Å². The van der Waals surface area contributed by atoms with Crippen molar-refractivity contribution in [2.45, 2.75) is 39.0 Å². The maximum absolute atomic E-state index is 9.75. The van der Waals surface area contributed by atoms with Crippen LogP contribution in [0.25, 0.3) is 0 Å². The first-order chi connectivity index (χ1) is 5.63. The fourth-order valence-electron chi connectivity index (χ4n) is 1.87. The molecule has 0 saturated carbocycles. The van der Waals surface area contributed by atoms with Gasteiger partial charge >= 0.3 is 0 Å². The van der Waals surface area contributed by atoms with Crippen LogP contribution in [0.5, 0.6) is 0 Å². The van der Waals surface area contributed by atoms with Crippen molar-refractivity contribution in [1.29, 1.82) is 0 Å². The van der Waals surface area contributed by atoms with Crippen LogP contribution in [0.3, 0.4) is 0 Å². The van der Waals surface area contributed by atoms with Gasteiger partial charge in [0.15, 0.2) is 0 Å². The van der Waals surface area contributed by atoms with E-state index in [1.807, 2.05) is 0 Å². The number of ether oxygens (including phenoxy) is 1. The highest BCUT2D eigenvalue weighted by molar-refractivity contribution is 4.91. The van der Waals surface area contributed by atoms with E-state index in [0.717, 1.165) is 13.0 Å². The van der Waals surface area contributed by atoms with E-state index in [9.17, 15) is 5.11 Å². The summed E-state index contributed by atoms with van der Waals surface area (Å²) in [6.45, 7) is 7.66. The summed E-state index contributed by atoms with van der Waals surface area (Å²) in [7, 11) is 0. The molecule has 0 aromatic rings. The molecule has 3 heteroatoms. The van der Waals surface area contributed by atoms with Crippen molar-refractivity contribution in [3.63, 3.8) is 0 Å². The third-order valence-corrected chi connectivity index (χ3v) is 2.80. The Bertz CT molecular complexity index is 149. The van der Waals surface area contributed by atoms with Crippen LogP contribution in [0.2, 0.25) is 0 Å². The summed E-state index contributed by atoms with van der Waals surface area (Å²) >= 11 is 0. The molecule has 2 unspecified atom stereocenters. The van der Waals surface area contributed by atoms with Gasteiger partial charge < -0.3 is 9.84 Å². The van der Waals surface area contributed by atoms with Crippen molar-refractivity contribution in [2.75, 3.05) is 13.2 Å². The summed E-state index contributed by atoms with van der Waals surface area (Å²) in [5.41, 5.74) is -0.377. The normalized spacial score (nSPS) is 37.2. The molecular formula is C9H19NO2. The Morgan fingerprint density at radius 3 is 2.67 bits per heavy atom.